The summed E-state index contributed by atoms with van der Waals surface area (Å²) in [5.74, 6) is -0.332. The minimum Gasteiger partial charge on any atom is -0.507 e. The zero-order valence-electron chi connectivity index (χ0n) is 9.46. The number of phenolic OH excluding ortho intramolecular Hbond substituents is 1. The number of nitrogens with one attached hydrogen (secondary N) is 1. The first-order valence-electron chi connectivity index (χ1n) is 5.37. The number of rotatable bonds is 4. The third-order valence-corrected chi connectivity index (χ3v) is 2.76. The average Bonchev–Trinajstić information content (AvgIpc) is 2.28. The van der Waals surface area contributed by atoms with E-state index in [0.717, 1.165) is 12.8 Å². The first kappa shape index (κ1) is 12.8. The largest absolute Gasteiger partial charge is 0.507 e. The molecule has 0 unspecified atom stereocenters. The molecule has 0 saturated carbocycles. The molecule has 3 nitrogen and oxygen atoms in total. The van der Waals surface area contributed by atoms with E-state index < -0.39 is 0 Å². The zero-order chi connectivity index (χ0) is 12.1. The Morgan fingerprint density at radius 1 is 1.44 bits per heavy atom. The van der Waals surface area contributed by atoms with Gasteiger partial charge in [-0.15, -0.1) is 0 Å². The lowest BCUT2D eigenvalue weighted by atomic mass is 10.1. The van der Waals surface area contributed by atoms with Crippen molar-refractivity contribution in [2.24, 2.45) is 0 Å². The predicted octanol–water partition coefficient (Wildman–Crippen LogP) is 2.96. The van der Waals surface area contributed by atoms with E-state index in [9.17, 15) is 9.90 Å². The molecule has 1 amide bonds. The fraction of sp³-hybridized carbons (Fsp3) is 0.417. The molecule has 0 saturated heterocycles. The van der Waals surface area contributed by atoms with Gasteiger partial charge in [-0.05, 0) is 31.0 Å². The van der Waals surface area contributed by atoms with Crippen molar-refractivity contribution in [3.05, 3.63) is 28.8 Å². The number of carbonyl (C=O) groups is 1. The Bertz CT molecular complexity index is 375. The molecule has 16 heavy (non-hydrogen) atoms. The van der Waals surface area contributed by atoms with Gasteiger partial charge in [0.2, 0.25) is 0 Å². The molecule has 0 radical (unpaired) electrons. The van der Waals surface area contributed by atoms with Crippen LogP contribution in [0.2, 0.25) is 5.02 Å². The Labute approximate surface area is 100 Å². The van der Waals surface area contributed by atoms with E-state index in [-0.39, 0.29) is 23.3 Å². The summed E-state index contributed by atoms with van der Waals surface area (Å²) in [7, 11) is 0. The zero-order valence-corrected chi connectivity index (χ0v) is 10.2. The summed E-state index contributed by atoms with van der Waals surface area (Å²) in [4.78, 5) is 11.8. The molecule has 0 aliphatic heterocycles. The van der Waals surface area contributed by atoms with Gasteiger partial charge in [-0.3, -0.25) is 4.79 Å². The molecule has 0 aliphatic rings. The third kappa shape index (κ3) is 3.14. The van der Waals surface area contributed by atoms with Gasteiger partial charge in [0.1, 0.15) is 5.75 Å². The van der Waals surface area contributed by atoms with Crippen molar-refractivity contribution in [2.75, 3.05) is 0 Å². The van der Waals surface area contributed by atoms with E-state index in [1.165, 1.54) is 12.1 Å². The highest BCUT2D eigenvalue weighted by Gasteiger charge is 2.14. The van der Waals surface area contributed by atoms with Gasteiger partial charge in [-0.2, -0.15) is 0 Å². The van der Waals surface area contributed by atoms with E-state index in [1.807, 2.05) is 13.8 Å². The van der Waals surface area contributed by atoms with Crippen molar-refractivity contribution in [2.45, 2.75) is 32.7 Å². The van der Waals surface area contributed by atoms with Crippen molar-refractivity contribution in [1.29, 1.82) is 0 Å². The predicted molar refractivity (Wildman–Crippen MR) is 65.0 cm³/mol. The molecule has 1 aromatic rings. The van der Waals surface area contributed by atoms with E-state index in [2.05, 4.69) is 5.32 Å². The van der Waals surface area contributed by atoms with E-state index in [1.54, 1.807) is 6.07 Å². The van der Waals surface area contributed by atoms with Crippen LogP contribution in [0.5, 0.6) is 5.75 Å². The second kappa shape index (κ2) is 5.75. The Balaban J connectivity index is 2.83. The number of halogens is 1. The molecular formula is C12H16ClNO2. The van der Waals surface area contributed by atoms with E-state index >= 15 is 0 Å². The normalized spacial score (nSPS) is 10.5. The minimum absolute atomic E-state index is 0.0483. The van der Waals surface area contributed by atoms with Crippen LogP contribution in [-0.4, -0.2) is 17.1 Å². The molecule has 0 aliphatic carbocycles. The van der Waals surface area contributed by atoms with Crippen LogP contribution in [0, 0.1) is 0 Å². The van der Waals surface area contributed by atoms with Gasteiger partial charge in [-0.1, -0.05) is 25.4 Å². The highest BCUT2D eigenvalue weighted by molar-refractivity contribution is 6.31. The molecule has 0 fully saturated rings. The second-order valence-electron chi connectivity index (χ2n) is 3.65. The Hall–Kier alpha value is -1.22. The van der Waals surface area contributed by atoms with Gasteiger partial charge in [0.25, 0.3) is 5.91 Å². The average molecular weight is 242 g/mol. The molecule has 2 N–H and O–H groups in total. The molecule has 88 valence electrons. The molecule has 4 heteroatoms. The fourth-order valence-electron chi connectivity index (χ4n) is 1.45. The fourth-order valence-corrected chi connectivity index (χ4v) is 1.62. The summed E-state index contributed by atoms with van der Waals surface area (Å²) in [6.07, 6.45) is 1.73. The molecule has 1 aromatic carbocycles. The minimum atomic E-state index is -0.284. The van der Waals surface area contributed by atoms with E-state index in [4.69, 9.17) is 11.6 Å². The van der Waals surface area contributed by atoms with Crippen molar-refractivity contribution < 1.29 is 9.90 Å². The summed E-state index contributed by atoms with van der Waals surface area (Å²) >= 11 is 5.77. The van der Waals surface area contributed by atoms with Gasteiger partial charge >= 0.3 is 0 Å². The summed E-state index contributed by atoms with van der Waals surface area (Å²) in [5, 5.41) is 12.8. The standard InChI is InChI=1S/C12H16ClNO2/c1-3-9(4-2)14-12(16)10-7-8(13)5-6-11(10)15/h5-7,9,15H,3-4H2,1-2H3,(H,14,16). The molecule has 0 bridgehead atoms. The maximum Gasteiger partial charge on any atom is 0.255 e. The van der Waals surface area contributed by atoms with Crippen molar-refractivity contribution >= 4 is 17.5 Å². The van der Waals surface area contributed by atoms with Crippen molar-refractivity contribution in [1.82, 2.24) is 5.32 Å². The quantitative estimate of drug-likeness (QED) is 0.852. The van der Waals surface area contributed by atoms with Crippen LogP contribution in [0.3, 0.4) is 0 Å². The van der Waals surface area contributed by atoms with Crippen LogP contribution in [-0.2, 0) is 0 Å². The Morgan fingerprint density at radius 3 is 2.62 bits per heavy atom. The lowest BCUT2D eigenvalue weighted by molar-refractivity contribution is 0.0932. The lowest BCUT2D eigenvalue weighted by Crippen LogP contribution is -2.33. The van der Waals surface area contributed by atoms with Crippen LogP contribution < -0.4 is 5.32 Å². The third-order valence-electron chi connectivity index (χ3n) is 2.52. The summed E-state index contributed by atoms with van der Waals surface area (Å²) < 4.78 is 0. The lowest BCUT2D eigenvalue weighted by Gasteiger charge is -2.15. The number of aromatic hydroxyl groups is 1. The second-order valence-corrected chi connectivity index (χ2v) is 4.08. The topological polar surface area (TPSA) is 49.3 Å². The Kier molecular flexibility index (Phi) is 4.62. The maximum absolute atomic E-state index is 11.8. The van der Waals surface area contributed by atoms with Crippen LogP contribution in [0.4, 0.5) is 0 Å². The summed E-state index contributed by atoms with van der Waals surface area (Å²) in [6.45, 7) is 4.01. The van der Waals surface area contributed by atoms with Crippen LogP contribution >= 0.6 is 11.6 Å². The van der Waals surface area contributed by atoms with Crippen LogP contribution in [0.15, 0.2) is 18.2 Å². The van der Waals surface area contributed by atoms with Gasteiger partial charge in [0, 0.05) is 11.1 Å². The number of amides is 1. The summed E-state index contributed by atoms with van der Waals surface area (Å²) in [5.41, 5.74) is 0.222. The number of benzene rings is 1. The van der Waals surface area contributed by atoms with Crippen LogP contribution in [0.1, 0.15) is 37.0 Å². The highest BCUT2D eigenvalue weighted by Crippen LogP contribution is 2.21. The number of carbonyl (C=O) groups excluding carboxylic acids is 1. The molecule has 0 atom stereocenters. The van der Waals surface area contributed by atoms with Crippen LogP contribution in [0.25, 0.3) is 0 Å². The number of phenols is 1. The first-order valence-corrected chi connectivity index (χ1v) is 5.75. The van der Waals surface area contributed by atoms with E-state index in [0.29, 0.717) is 5.02 Å². The van der Waals surface area contributed by atoms with Crippen molar-refractivity contribution in [3.63, 3.8) is 0 Å². The Morgan fingerprint density at radius 2 is 2.06 bits per heavy atom. The smallest absolute Gasteiger partial charge is 0.255 e. The molecule has 0 spiro atoms. The SMILES string of the molecule is CCC(CC)NC(=O)c1cc(Cl)ccc1O. The molecule has 0 heterocycles. The maximum atomic E-state index is 11.8. The number of hydrogen-bond donors (Lipinski definition) is 2. The highest BCUT2D eigenvalue weighted by atomic mass is 35.5. The molecular weight excluding hydrogens is 226 g/mol. The number of hydrogen-bond acceptors (Lipinski definition) is 2. The van der Waals surface area contributed by atoms with Gasteiger partial charge in [-0.25, -0.2) is 0 Å². The van der Waals surface area contributed by atoms with Gasteiger partial charge < -0.3 is 10.4 Å². The summed E-state index contributed by atoms with van der Waals surface area (Å²) in [6, 6.07) is 4.56. The first-order chi connectivity index (χ1) is 7.58. The van der Waals surface area contributed by atoms with Gasteiger partial charge in [0.05, 0.1) is 5.56 Å². The monoisotopic (exact) mass is 241 g/mol. The molecule has 1 rings (SSSR count). The van der Waals surface area contributed by atoms with Gasteiger partial charge in [0.15, 0.2) is 0 Å². The molecule has 0 aromatic heterocycles. The van der Waals surface area contributed by atoms with Crippen molar-refractivity contribution in [3.8, 4) is 5.75 Å².